The summed E-state index contributed by atoms with van der Waals surface area (Å²) in [5.74, 6) is 0.480. The van der Waals surface area contributed by atoms with E-state index in [1.807, 2.05) is 69.3 Å². The molecule has 0 saturated carbocycles. The number of anilines is 3. The van der Waals surface area contributed by atoms with Crippen LogP contribution < -0.4 is 15.5 Å². The van der Waals surface area contributed by atoms with Gasteiger partial charge in [-0.25, -0.2) is 4.79 Å². The molecule has 5 nitrogen and oxygen atoms in total. The van der Waals surface area contributed by atoms with Crippen molar-refractivity contribution in [3.8, 4) is 0 Å². The predicted molar refractivity (Wildman–Crippen MR) is 128 cm³/mol. The van der Waals surface area contributed by atoms with Crippen molar-refractivity contribution in [2.24, 2.45) is 0 Å². The minimum atomic E-state index is -0.312. The number of hydrogen-bond acceptors (Lipinski definition) is 3. The van der Waals surface area contributed by atoms with Crippen molar-refractivity contribution < 1.29 is 9.59 Å². The highest BCUT2D eigenvalue weighted by Crippen LogP contribution is 2.38. The minimum Gasteiger partial charge on any atom is -0.308 e. The lowest BCUT2D eigenvalue weighted by molar-refractivity contribution is -0.116. The maximum Gasteiger partial charge on any atom is 0.323 e. The van der Waals surface area contributed by atoms with Gasteiger partial charge in [-0.15, -0.1) is 11.8 Å². The second-order valence-electron chi connectivity index (χ2n) is 7.76. The number of hydrogen-bond donors (Lipinski definition) is 2. The van der Waals surface area contributed by atoms with Crippen LogP contribution in [0.3, 0.4) is 0 Å². The highest BCUT2D eigenvalue weighted by molar-refractivity contribution is 8.00. The molecule has 3 amide bonds. The highest BCUT2D eigenvalue weighted by atomic mass is 32.2. The first kappa shape index (κ1) is 21.0. The number of aryl methyl sites for hydroxylation is 2. The molecule has 1 aliphatic heterocycles. The summed E-state index contributed by atoms with van der Waals surface area (Å²) < 4.78 is 0. The summed E-state index contributed by atoms with van der Waals surface area (Å²) in [5.41, 5.74) is 6.66. The van der Waals surface area contributed by atoms with E-state index in [2.05, 4.69) is 22.8 Å². The normalized spacial score (nSPS) is 13.0. The number of nitrogens with zero attached hydrogens (tertiary/aromatic N) is 1. The summed E-state index contributed by atoms with van der Waals surface area (Å²) in [6, 6.07) is 19.4. The van der Waals surface area contributed by atoms with Crippen LogP contribution >= 0.6 is 11.8 Å². The zero-order chi connectivity index (χ0) is 22.0. The van der Waals surface area contributed by atoms with E-state index in [1.165, 1.54) is 17.3 Å². The molecule has 0 bridgehead atoms. The first-order valence-electron chi connectivity index (χ1n) is 10.2. The summed E-state index contributed by atoms with van der Waals surface area (Å²) in [5, 5.41) is 5.81. The van der Waals surface area contributed by atoms with E-state index in [1.54, 1.807) is 4.90 Å². The molecule has 0 aliphatic carbocycles. The Kier molecular flexibility index (Phi) is 6.00. The summed E-state index contributed by atoms with van der Waals surface area (Å²) in [7, 11) is 0. The Bertz CT molecular complexity index is 1140. The van der Waals surface area contributed by atoms with Gasteiger partial charge < -0.3 is 15.5 Å². The number of carbonyl (C=O) groups is 2. The number of fused-ring (bicyclic) bond motifs is 1. The van der Waals surface area contributed by atoms with Crippen molar-refractivity contribution in [3.05, 3.63) is 82.9 Å². The van der Waals surface area contributed by atoms with Gasteiger partial charge >= 0.3 is 6.03 Å². The number of nitrogens with one attached hydrogen (secondary N) is 2. The Hall–Kier alpha value is -3.25. The first-order chi connectivity index (χ1) is 14.9. The molecule has 158 valence electrons. The van der Waals surface area contributed by atoms with Crippen LogP contribution in [0.1, 0.15) is 22.3 Å². The molecule has 3 aromatic rings. The van der Waals surface area contributed by atoms with Crippen LogP contribution in [0, 0.1) is 20.8 Å². The molecular weight excluding hydrogens is 406 g/mol. The zero-order valence-electron chi connectivity index (χ0n) is 17.9. The fourth-order valence-corrected chi connectivity index (χ4v) is 4.42. The van der Waals surface area contributed by atoms with E-state index in [4.69, 9.17) is 0 Å². The summed E-state index contributed by atoms with van der Waals surface area (Å²) in [4.78, 5) is 28.1. The maximum atomic E-state index is 12.7. The second-order valence-corrected chi connectivity index (χ2v) is 8.78. The smallest absolute Gasteiger partial charge is 0.308 e. The molecule has 0 saturated heterocycles. The summed E-state index contributed by atoms with van der Waals surface area (Å²) in [6.45, 7) is 6.54. The Labute approximate surface area is 186 Å². The van der Waals surface area contributed by atoms with Crippen LogP contribution in [-0.4, -0.2) is 17.7 Å². The van der Waals surface area contributed by atoms with Crippen molar-refractivity contribution in [2.75, 3.05) is 21.3 Å². The first-order valence-corrected chi connectivity index (χ1v) is 11.2. The average molecular weight is 432 g/mol. The third-order valence-corrected chi connectivity index (χ3v) is 6.52. The molecule has 4 rings (SSSR count). The van der Waals surface area contributed by atoms with Crippen LogP contribution in [0.2, 0.25) is 0 Å². The lowest BCUT2D eigenvalue weighted by Gasteiger charge is -2.29. The van der Waals surface area contributed by atoms with E-state index in [9.17, 15) is 9.59 Å². The van der Waals surface area contributed by atoms with Gasteiger partial charge in [0.15, 0.2) is 0 Å². The molecule has 1 aliphatic rings. The molecule has 0 spiro atoms. The molecule has 0 fully saturated rings. The molecule has 0 unspecified atom stereocenters. The average Bonchev–Trinajstić information content (AvgIpc) is 2.75. The molecule has 2 N–H and O–H groups in total. The van der Waals surface area contributed by atoms with Crippen molar-refractivity contribution in [1.82, 2.24) is 0 Å². The van der Waals surface area contributed by atoms with Gasteiger partial charge in [-0.05, 0) is 61.7 Å². The van der Waals surface area contributed by atoms with Crippen molar-refractivity contribution >= 4 is 40.8 Å². The van der Waals surface area contributed by atoms with E-state index < -0.39 is 0 Å². The molecule has 3 aromatic carbocycles. The van der Waals surface area contributed by atoms with Crippen molar-refractivity contribution in [3.63, 3.8) is 0 Å². The van der Waals surface area contributed by atoms with Gasteiger partial charge in [0.1, 0.15) is 0 Å². The molecule has 31 heavy (non-hydrogen) atoms. The monoisotopic (exact) mass is 431 g/mol. The predicted octanol–water partition coefficient (Wildman–Crippen LogP) is 5.89. The van der Waals surface area contributed by atoms with Gasteiger partial charge in [-0.3, -0.25) is 4.79 Å². The van der Waals surface area contributed by atoms with Gasteiger partial charge in [0.05, 0.1) is 18.0 Å². The largest absolute Gasteiger partial charge is 0.323 e. The molecule has 0 aromatic heterocycles. The topological polar surface area (TPSA) is 61.4 Å². The Morgan fingerprint density at radius 3 is 2.55 bits per heavy atom. The van der Waals surface area contributed by atoms with Crippen LogP contribution in [0.25, 0.3) is 0 Å². The van der Waals surface area contributed by atoms with E-state index >= 15 is 0 Å². The quantitative estimate of drug-likeness (QED) is 0.541. The zero-order valence-corrected chi connectivity index (χ0v) is 18.7. The maximum absolute atomic E-state index is 12.7. The lowest BCUT2D eigenvalue weighted by atomic mass is 10.1. The van der Waals surface area contributed by atoms with Gasteiger partial charge in [-0.2, -0.15) is 0 Å². The summed E-state index contributed by atoms with van der Waals surface area (Å²) in [6.07, 6.45) is 0. The Morgan fingerprint density at radius 2 is 1.77 bits per heavy atom. The number of rotatable bonds is 4. The number of thioether (sulfide) groups is 1. The van der Waals surface area contributed by atoms with Gasteiger partial charge in [0.2, 0.25) is 5.91 Å². The summed E-state index contributed by atoms with van der Waals surface area (Å²) >= 11 is 1.53. The second kappa shape index (κ2) is 8.86. The third kappa shape index (κ3) is 4.75. The van der Waals surface area contributed by atoms with Gasteiger partial charge in [0.25, 0.3) is 0 Å². The third-order valence-electron chi connectivity index (χ3n) is 5.47. The number of carbonyl (C=O) groups excluding carboxylic acids is 2. The number of benzene rings is 3. The Morgan fingerprint density at radius 1 is 1.00 bits per heavy atom. The van der Waals surface area contributed by atoms with Crippen LogP contribution in [0.5, 0.6) is 0 Å². The molecule has 0 radical (unpaired) electrons. The van der Waals surface area contributed by atoms with E-state index in [-0.39, 0.29) is 11.9 Å². The number of amides is 3. The molecule has 0 atom stereocenters. The van der Waals surface area contributed by atoms with Crippen LogP contribution in [-0.2, 0) is 11.3 Å². The van der Waals surface area contributed by atoms with Crippen molar-refractivity contribution in [2.45, 2.75) is 32.2 Å². The lowest BCUT2D eigenvalue weighted by Crippen LogP contribution is -2.34. The van der Waals surface area contributed by atoms with Gasteiger partial charge in [0, 0.05) is 16.3 Å². The number of urea groups is 1. The van der Waals surface area contributed by atoms with Crippen LogP contribution in [0.15, 0.2) is 65.6 Å². The highest BCUT2D eigenvalue weighted by Gasteiger charge is 2.25. The van der Waals surface area contributed by atoms with E-state index in [0.717, 1.165) is 33.0 Å². The van der Waals surface area contributed by atoms with Gasteiger partial charge in [-0.1, -0.05) is 42.0 Å². The standard InChI is InChI=1S/C25H25N3O2S/c1-16-7-9-19(10-8-16)14-28-22-13-20(11-12-23(22)31-15-24(28)29)26-25(30)27-21-6-4-5-17(2)18(21)3/h4-13H,14-15H2,1-3H3,(H2,26,27,30). The van der Waals surface area contributed by atoms with E-state index in [0.29, 0.717) is 18.0 Å². The van der Waals surface area contributed by atoms with Crippen LogP contribution in [0.4, 0.5) is 21.9 Å². The Balaban J connectivity index is 1.54. The molecular formula is C25H25N3O2S. The molecule has 6 heteroatoms. The van der Waals surface area contributed by atoms with Crippen molar-refractivity contribution in [1.29, 1.82) is 0 Å². The fourth-order valence-electron chi connectivity index (χ4n) is 3.50. The SMILES string of the molecule is Cc1ccc(CN2C(=O)CSc3ccc(NC(=O)Nc4cccc(C)c4C)cc32)cc1. The fraction of sp³-hybridized carbons (Fsp3) is 0.200. The minimum absolute atomic E-state index is 0.0649. The molecule has 1 heterocycles.